The summed E-state index contributed by atoms with van der Waals surface area (Å²) in [6.07, 6.45) is 2.48. The highest BCUT2D eigenvalue weighted by molar-refractivity contribution is 5.94. The summed E-state index contributed by atoms with van der Waals surface area (Å²) in [5.74, 6) is 0.794. The summed E-state index contributed by atoms with van der Waals surface area (Å²) in [6, 6.07) is 7.90. The van der Waals surface area contributed by atoms with E-state index < -0.39 is 0 Å². The van der Waals surface area contributed by atoms with Crippen LogP contribution < -0.4 is 5.32 Å². The molecule has 1 fully saturated rings. The van der Waals surface area contributed by atoms with Crippen molar-refractivity contribution in [2.75, 3.05) is 18.4 Å². The maximum absolute atomic E-state index is 12.3. The molecule has 1 aliphatic heterocycles. The molecule has 0 aromatic heterocycles. The van der Waals surface area contributed by atoms with E-state index in [4.69, 9.17) is 0 Å². The number of anilines is 1. The zero-order valence-corrected chi connectivity index (χ0v) is 12.1. The third-order valence-corrected chi connectivity index (χ3v) is 3.90. The van der Waals surface area contributed by atoms with Gasteiger partial charge in [-0.3, -0.25) is 9.69 Å². The predicted octanol–water partition coefficient (Wildman–Crippen LogP) is 3.05. The molecule has 1 aliphatic rings. The average Bonchev–Trinajstić information content (AvgIpc) is 2.38. The topological polar surface area (TPSA) is 32.3 Å². The van der Waals surface area contributed by atoms with Gasteiger partial charge in [0.15, 0.2) is 0 Å². The second kappa shape index (κ2) is 6.20. The Morgan fingerprint density at radius 1 is 1.47 bits per heavy atom. The maximum atomic E-state index is 12.3. The van der Waals surface area contributed by atoms with Gasteiger partial charge in [-0.25, -0.2) is 0 Å². The Bertz CT molecular complexity index is 444. The van der Waals surface area contributed by atoms with Gasteiger partial charge < -0.3 is 5.32 Å². The number of piperidine rings is 1. The second-order valence-corrected chi connectivity index (χ2v) is 5.78. The van der Waals surface area contributed by atoms with Gasteiger partial charge in [0.05, 0.1) is 6.04 Å². The quantitative estimate of drug-likeness (QED) is 0.906. The van der Waals surface area contributed by atoms with Crippen LogP contribution in [0.15, 0.2) is 24.3 Å². The molecular weight excluding hydrogens is 236 g/mol. The third-order valence-electron chi connectivity index (χ3n) is 3.90. The number of nitrogens with one attached hydrogen (secondary N) is 1. The maximum Gasteiger partial charge on any atom is 0.241 e. The highest BCUT2D eigenvalue weighted by atomic mass is 16.2. The molecule has 104 valence electrons. The number of carbonyl (C=O) groups excluding carboxylic acids is 1. The van der Waals surface area contributed by atoms with Crippen molar-refractivity contribution in [2.45, 2.75) is 39.7 Å². The normalized spacial score (nSPS) is 21.9. The van der Waals surface area contributed by atoms with E-state index >= 15 is 0 Å². The van der Waals surface area contributed by atoms with Crippen molar-refractivity contribution in [2.24, 2.45) is 5.92 Å². The molecule has 1 aromatic rings. The van der Waals surface area contributed by atoms with Crippen LogP contribution in [-0.4, -0.2) is 29.9 Å². The summed E-state index contributed by atoms with van der Waals surface area (Å²) < 4.78 is 0. The van der Waals surface area contributed by atoms with E-state index in [0.29, 0.717) is 5.92 Å². The highest BCUT2D eigenvalue weighted by Gasteiger charge is 2.25. The van der Waals surface area contributed by atoms with E-state index in [2.05, 4.69) is 17.1 Å². The molecule has 1 aromatic carbocycles. The number of benzene rings is 1. The van der Waals surface area contributed by atoms with E-state index in [9.17, 15) is 4.79 Å². The van der Waals surface area contributed by atoms with E-state index in [1.165, 1.54) is 12.8 Å². The van der Waals surface area contributed by atoms with Crippen molar-refractivity contribution in [1.82, 2.24) is 4.90 Å². The summed E-state index contributed by atoms with van der Waals surface area (Å²) in [6.45, 7) is 8.36. The van der Waals surface area contributed by atoms with Gasteiger partial charge in [0, 0.05) is 12.2 Å². The van der Waals surface area contributed by atoms with Crippen molar-refractivity contribution < 1.29 is 4.79 Å². The van der Waals surface area contributed by atoms with Gasteiger partial charge in [0.1, 0.15) is 0 Å². The number of carbonyl (C=O) groups is 1. The number of hydrogen-bond donors (Lipinski definition) is 1. The Labute approximate surface area is 116 Å². The van der Waals surface area contributed by atoms with Crippen LogP contribution in [0.1, 0.15) is 32.3 Å². The van der Waals surface area contributed by atoms with Gasteiger partial charge in [-0.1, -0.05) is 19.1 Å². The highest BCUT2D eigenvalue weighted by Crippen LogP contribution is 2.18. The molecule has 0 radical (unpaired) electrons. The molecule has 0 bridgehead atoms. The van der Waals surface area contributed by atoms with Crippen molar-refractivity contribution in [3.05, 3.63) is 29.8 Å². The molecule has 2 unspecified atom stereocenters. The monoisotopic (exact) mass is 260 g/mol. The number of likely N-dealkylation sites (tertiary alicyclic amines) is 1. The Morgan fingerprint density at radius 3 is 2.95 bits per heavy atom. The van der Waals surface area contributed by atoms with Crippen LogP contribution in [0.4, 0.5) is 5.69 Å². The fourth-order valence-corrected chi connectivity index (χ4v) is 2.71. The molecule has 3 nitrogen and oxygen atoms in total. The van der Waals surface area contributed by atoms with Crippen LogP contribution in [0.5, 0.6) is 0 Å². The van der Waals surface area contributed by atoms with Crippen molar-refractivity contribution in [3.8, 4) is 0 Å². The molecule has 2 rings (SSSR count). The van der Waals surface area contributed by atoms with Gasteiger partial charge in [-0.15, -0.1) is 0 Å². The average molecular weight is 260 g/mol. The summed E-state index contributed by atoms with van der Waals surface area (Å²) in [5.41, 5.74) is 2.05. The number of nitrogens with zero attached hydrogens (tertiary/aromatic N) is 1. The van der Waals surface area contributed by atoms with Crippen LogP contribution in [0.3, 0.4) is 0 Å². The molecule has 0 aliphatic carbocycles. The standard InChI is InChI=1S/C16H24N2O/c1-12-6-4-8-15(10-12)17-16(19)14(3)18-9-5-7-13(2)11-18/h4,6,8,10,13-14H,5,7,9,11H2,1-3H3,(H,17,19). The van der Waals surface area contributed by atoms with Crippen molar-refractivity contribution >= 4 is 11.6 Å². The van der Waals surface area contributed by atoms with Gasteiger partial charge in [0.2, 0.25) is 5.91 Å². The van der Waals surface area contributed by atoms with E-state index in [-0.39, 0.29) is 11.9 Å². The van der Waals surface area contributed by atoms with Crippen LogP contribution >= 0.6 is 0 Å². The lowest BCUT2D eigenvalue weighted by molar-refractivity contribution is -0.121. The molecule has 1 saturated heterocycles. The minimum Gasteiger partial charge on any atom is -0.325 e. The fourth-order valence-electron chi connectivity index (χ4n) is 2.71. The molecule has 0 spiro atoms. The number of amides is 1. The van der Waals surface area contributed by atoms with E-state index in [1.807, 2.05) is 38.1 Å². The molecule has 1 heterocycles. The molecular formula is C16H24N2O. The first-order valence-corrected chi connectivity index (χ1v) is 7.18. The minimum atomic E-state index is -0.0525. The Hall–Kier alpha value is -1.35. The number of rotatable bonds is 3. The first kappa shape index (κ1) is 14.1. The molecule has 3 heteroatoms. The van der Waals surface area contributed by atoms with Gasteiger partial charge in [-0.2, -0.15) is 0 Å². The van der Waals surface area contributed by atoms with Gasteiger partial charge in [-0.05, 0) is 56.8 Å². The zero-order valence-electron chi connectivity index (χ0n) is 12.1. The third kappa shape index (κ3) is 3.80. The molecule has 2 atom stereocenters. The smallest absolute Gasteiger partial charge is 0.241 e. The molecule has 0 saturated carbocycles. The molecule has 19 heavy (non-hydrogen) atoms. The van der Waals surface area contributed by atoms with Crippen LogP contribution in [0.2, 0.25) is 0 Å². The fraction of sp³-hybridized carbons (Fsp3) is 0.562. The first-order valence-electron chi connectivity index (χ1n) is 7.18. The second-order valence-electron chi connectivity index (χ2n) is 5.78. The van der Waals surface area contributed by atoms with Crippen LogP contribution in [0.25, 0.3) is 0 Å². The molecule has 1 N–H and O–H groups in total. The zero-order chi connectivity index (χ0) is 13.8. The number of hydrogen-bond acceptors (Lipinski definition) is 2. The Morgan fingerprint density at radius 2 is 2.26 bits per heavy atom. The summed E-state index contributed by atoms with van der Waals surface area (Å²) >= 11 is 0. The van der Waals surface area contributed by atoms with Gasteiger partial charge in [0.25, 0.3) is 0 Å². The first-order chi connectivity index (χ1) is 9.06. The minimum absolute atomic E-state index is 0.0525. The Balaban J connectivity index is 1.95. The lowest BCUT2D eigenvalue weighted by atomic mass is 9.99. The lowest BCUT2D eigenvalue weighted by Crippen LogP contribution is -2.46. The largest absolute Gasteiger partial charge is 0.325 e. The van der Waals surface area contributed by atoms with Crippen molar-refractivity contribution in [1.29, 1.82) is 0 Å². The summed E-state index contributed by atoms with van der Waals surface area (Å²) in [4.78, 5) is 14.6. The summed E-state index contributed by atoms with van der Waals surface area (Å²) in [7, 11) is 0. The van der Waals surface area contributed by atoms with E-state index in [0.717, 1.165) is 24.3 Å². The van der Waals surface area contributed by atoms with E-state index in [1.54, 1.807) is 0 Å². The SMILES string of the molecule is Cc1cccc(NC(=O)C(C)N2CCCC(C)C2)c1. The van der Waals surface area contributed by atoms with Crippen LogP contribution in [-0.2, 0) is 4.79 Å². The lowest BCUT2D eigenvalue weighted by Gasteiger charge is -2.34. The molecule has 1 amide bonds. The Kier molecular flexibility index (Phi) is 4.59. The number of aryl methyl sites for hydroxylation is 1. The van der Waals surface area contributed by atoms with Crippen LogP contribution in [0, 0.1) is 12.8 Å². The van der Waals surface area contributed by atoms with Gasteiger partial charge >= 0.3 is 0 Å². The van der Waals surface area contributed by atoms with Crippen molar-refractivity contribution in [3.63, 3.8) is 0 Å². The predicted molar refractivity (Wildman–Crippen MR) is 79.2 cm³/mol. The summed E-state index contributed by atoms with van der Waals surface area (Å²) in [5, 5.41) is 3.01.